The predicted octanol–water partition coefficient (Wildman–Crippen LogP) is 3.00. The van der Waals surface area contributed by atoms with Crippen molar-refractivity contribution in [2.45, 2.75) is 6.42 Å². The maximum atomic E-state index is 11.9. The first-order valence-corrected chi connectivity index (χ1v) is 6.04. The number of benzene rings is 1. The lowest BCUT2D eigenvalue weighted by Gasteiger charge is -1.99. The molecule has 17 heavy (non-hydrogen) atoms. The number of nitrogen functional groups attached to an aromatic ring is 1. The fourth-order valence-electron chi connectivity index (χ4n) is 1.45. The number of hydrogen-bond donors (Lipinski definition) is 1. The third-order valence-corrected chi connectivity index (χ3v) is 3.35. The zero-order valence-corrected chi connectivity index (χ0v) is 9.93. The highest BCUT2D eigenvalue weighted by Crippen LogP contribution is 2.27. The van der Waals surface area contributed by atoms with Crippen molar-refractivity contribution in [1.82, 2.24) is 0 Å². The molecule has 2 N–H and O–H groups in total. The molecule has 0 aliphatic rings. The Morgan fingerprint density at radius 3 is 3.00 bits per heavy atom. The van der Waals surface area contributed by atoms with E-state index >= 15 is 0 Å². The van der Waals surface area contributed by atoms with Crippen LogP contribution in [0.25, 0.3) is 10.1 Å². The molecule has 1 aromatic heterocycles. The lowest BCUT2D eigenvalue weighted by Crippen LogP contribution is -2.04. The lowest BCUT2D eigenvalue weighted by atomic mass is 10.2. The smallest absolute Gasteiger partial charge is 0.348 e. The summed E-state index contributed by atoms with van der Waals surface area (Å²) in [6, 6.07) is 7.21. The average Bonchev–Trinajstić information content (AvgIpc) is 2.72. The molecule has 1 aromatic carbocycles. The molecule has 90 valence electrons. The maximum absolute atomic E-state index is 11.9. The molecular weight excluding hydrogens is 241 g/mol. The van der Waals surface area contributed by atoms with Gasteiger partial charge in [-0.3, -0.25) is 4.39 Å². The highest BCUT2D eigenvalue weighted by molar-refractivity contribution is 7.20. The number of halogens is 1. The Morgan fingerprint density at radius 2 is 2.24 bits per heavy atom. The summed E-state index contributed by atoms with van der Waals surface area (Å²) in [6.07, 6.45) is 0.240. The van der Waals surface area contributed by atoms with E-state index in [0.29, 0.717) is 10.6 Å². The second kappa shape index (κ2) is 5.14. The van der Waals surface area contributed by atoms with Gasteiger partial charge in [0.2, 0.25) is 0 Å². The number of nitrogens with two attached hydrogens (primary N) is 1. The Kier molecular flexibility index (Phi) is 3.58. The summed E-state index contributed by atoms with van der Waals surface area (Å²) >= 11 is 1.35. The highest BCUT2D eigenvalue weighted by atomic mass is 32.1. The van der Waals surface area contributed by atoms with E-state index in [9.17, 15) is 9.18 Å². The number of anilines is 1. The van der Waals surface area contributed by atoms with Gasteiger partial charge in [0, 0.05) is 16.8 Å². The summed E-state index contributed by atoms with van der Waals surface area (Å²) < 4.78 is 17.8. The van der Waals surface area contributed by atoms with Crippen LogP contribution in [0.2, 0.25) is 0 Å². The highest BCUT2D eigenvalue weighted by Gasteiger charge is 2.11. The Morgan fingerprint density at radius 1 is 1.41 bits per heavy atom. The number of rotatable bonds is 4. The molecule has 5 heteroatoms. The van der Waals surface area contributed by atoms with Crippen molar-refractivity contribution in [3.63, 3.8) is 0 Å². The molecule has 0 fully saturated rings. The van der Waals surface area contributed by atoms with Crippen LogP contribution in [0.5, 0.6) is 0 Å². The number of carbonyl (C=O) groups is 1. The van der Waals surface area contributed by atoms with Crippen molar-refractivity contribution in [2.75, 3.05) is 19.0 Å². The number of hydrogen-bond acceptors (Lipinski definition) is 4. The van der Waals surface area contributed by atoms with Crippen LogP contribution in [0.3, 0.4) is 0 Å². The molecule has 0 amide bonds. The molecular formula is C12H12FNO2S. The van der Waals surface area contributed by atoms with Crippen LogP contribution < -0.4 is 5.73 Å². The Hall–Kier alpha value is -1.62. The first kappa shape index (κ1) is 11.9. The van der Waals surface area contributed by atoms with Crippen LogP contribution in [0, 0.1) is 0 Å². The summed E-state index contributed by atoms with van der Waals surface area (Å²) in [6.45, 7) is -0.359. The number of alkyl halides is 1. The Bertz CT molecular complexity index is 538. The summed E-state index contributed by atoms with van der Waals surface area (Å²) in [5.41, 5.74) is 6.31. The van der Waals surface area contributed by atoms with Gasteiger partial charge in [0.1, 0.15) is 4.88 Å². The van der Waals surface area contributed by atoms with Gasteiger partial charge in [-0.25, -0.2) is 4.79 Å². The minimum atomic E-state index is -0.476. The van der Waals surface area contributed by atoms with E-state index in [1.807, 2.05) is 12.1 Å². The zero-order chi connectivity index (χ0) is 12.3. The molecule has 3 nitrogen and oxygen atoms in total. The second-order valence-electron chi connectivity index (χ2n) is 3.59. The number of ether oxygens (including phenoxy) is 1. The van der Waals surface area contributed by atoms with E-state index in [1.165, 1.54) is 11.3 Å². The largest absolute Gasteiger partial charge is 0.461 e. The van der Waals surface area contributed by atoms with Crippen molar-refractivity contribution < 1.29 is 13.9 Å². The van der Waals surface area contributed by atoms with Gasteiger partial charge in [-0.2, -0.15) is 0 Å². The summed E-state index contributed by atoms with van der Waals surface area (Å²) in [5.74, 6) is -0.404. The summed E-state index contributed by atoms with van der Waals surface area (Å²) in [5, 5.41) is 0.924. The molecule has 2 aromatic rings. The van der Waals surface area contributed by atoms with Crippen LogP contribution in [0.1, 0.15) is 16.1 Å². The predicted molar refractivity (Wildman–Crippen MR) is 67.1 cm³/mol. The first-order valence-electron chi connectivity index (χ1n) is 5.23. The minimum Gasteiger partial charge on any atom is -0.461 e. The number of fused-ring (bicyclic) bond motifs is 1. The van der Waals surface area contributed by atoms with Crippen LogP contribution in [-0.2, 0) is 4.74 Å². The van der Waals surface area contributed by atoms with E-state index in [1.54, 1.807) is 12.1 Å². The van der Waals surface area contributed by atoms with Crippen molar-refractivity contribution in [2.24, 2.45) is 0 Å². The number of carbonyl (C=O) groups excluding carboxylic acids is 1. The van der Waals surface area contributed by atoms with E-state index in [-0.39, 0.29) is 13.0 Å². The molecule has 0 atom stereocenters. The molecule has 0 aliphatic heterocycles. The average molecular weight is 253 g/mol. The molecule has 0 bridgehead atoms. The van der Waals surface area contributed by atoms with Crippen molar-refractivity contribution >= 4 is 33.1 Å². The van der Waals surface area contributed by atoms with Crippen molar-refractivity contribution in [1.29, 1.82) is 0 Å². The molecule has 2 rings (SSSR count). The van der Waals surface area contributed by atoms with Gasteiger partial charge in [0.05, 0.1) is 13.3 Å². The normalized spacial score (nSPS) is 10.6. The monoisotopic (exact) mass is 253 g/mol. The fraction of sp³-hybridized carbons (Fsp3) is 0.250. The molecule has 0 radical (unpaired) electrons. The van der Waals surface area contributed by atoms with Crippen LogP contribution in [-0.4, -0.2) is 19.3 Å². The van der Waals surface area contributed by atoms with Gasteiger partial charge in [-0.05, 0) is 29.7 Å². The van der Waals surface area contributed by atoms with Gasteiger partial charge in [-0.1, -0.05) is 0 Å². The van der Waals surface area contributed by atoms with Crippen molar-refractivity contribution in [3.8, 4) is 0 Å². The van der Waals surface area contributed by atoms with Gasteiger partial charge in [-0.15, -0.1) is 11.3 Å². The minimum absolute atomic E-state index is 0.117. The third-order valence-electron chi connectivity index (χ3n) is 2.25. The van der Waals surface area contributed by atoms with E-state index in [4.69, 9.17) is 10.5 Å². The lowest BCUT2D eigenvalue weighted by molar-refractivity contribution is 0.0500. The molecule has 0 spiro atoms. The van der Waals surface area contributed by atoms with Crippen LogP contribution in [0.15, 0.2) is 24.3 Å². The standard InChI is InChI=1S/C12H12FNO2S/c13-4-1-5-16-12(15)11-7-8-6-9(14)2-3-10(8)17-11/h2-3,6-7H,1,4-5,14H2. The summed E-state index contributed by atoms with van der Waals surface area (Å²) in [4.78, 5) is 12.1. The van der Waals surface area contributed by atoms with Gasteiger partial charge in [0.15, 0.2) is 0 Å². The molecule has 0 saturated carbocycles. The second-order valence-corrected chi connectivity index (χ2v) is 4.67. The molecule has 0 saturated heterocycles. The number of thiophene rings is 1. The van der Waals surface area contributed by atoms with Crippen LogP contribution >= 0.6 is 11.3 Å². The van der Waals surface area contributed by atoms with E-state index in [0.717, 1.165) is 10.1 Å². The topological polar surface area (TPSA) is 52.3 Å². The van der Waals surface area contributed by atoms with E-state index in [2.05, 4.69) is 0 Å². The number of esters is 1. The van der Waals surface area contributed by atoms with Crippen molar-refractivity contribution in [3.05, 3.63) is 29.1 Å². The van der Waals surface area contributed by atoms with Gasteiger partial charge >= 0.3 is 5.97 Å². The van der Waals surface area contributed by atoms with E-state index < -0.39 is 12.6 Å². The summed E-state index contributed by atoms with van der Waals surface area (Å²) in [7, 11) is 0. The Labute approximate surface area is 102 Å². The molecule has 1 heterocycles. The first-order chi connectivity index (χ1) is 8.20. The van der Waals surface area contributed by atoms with Gasteiger partial charge in [0.25, 0.3) is 0 Å². The zero-order valence-electron chi connectivity index (χ0n) is 9.11. The quantitative estimate of drug-likeness (QED) is 0.517. The Balaban J connectivity index is 2.15. The molecule has 0 aliphatic carbocycles. The maximum Gasteiger partial charge on any atom is 0.348 e. The fourth-order valence-corrected chi connectivity index (χ4v) is 2.39. The SMILES string of the molecule is Nc1ccc2sc(C(=O)OCCCF)cc2c1. The third kappa shape index (κ3) is 2.74. The van der Waals surface area contributed by atoms with Crippen LogP contribution in [0.4, 0.5) is 10.1 Å². The molecule has 0 unspecified atom stereocenters. The van der Waals surface area contributed by atoms with Gasteiger partial charge < -0.3 is 10.5 Å².